The van der Waals surface area contributed by atoms with Crippen molar-refractivity contribution in [1.82, 2.24) is 10.6 Å². The summed E-state index contributed by atoms with van der Waals surface area (Å²) in [6, 6.07) is 11.6. The summed E-state index contributed by atoms with van der Waals surface area (Å²) in [5.41, 5.74) is 6.18. The number of carbonyl (C=O) groups excluding carboxylic acids is 3. The number of hydrogen-bond donors (Lipinski definition) is 4. The highest BCUT2D eigenvalue weighted by atomic mass is 35.5. The van der Waals surface area contributed by atoms with E-state index in [4.69, 9.17) is 17.3 Å². The van der Waals surface area contributed by atoms with Gasteiger partial charge in [-0.05, 0) is 42.3 Å². The second-order valence-corrected chi connectivity index (χ2v) is 6.89. The zero-order valence-electron chi connectivity index (χ0n) is 15.9. The van der Waals surface area contributed by atoms with E-state index < -0.39 is 17.4 Å². The summed E-state index contributed by atoms with van der Waals surface area (Å²) in [6.07, 6.45) is 0. The molecule has 0 spiro atoms. The van der Waals surface area contributed by atoms with Gasteiger partial charge in [-0.1, -0.05) is 29.8 Å². The summed E-state index contributed by atoms with van der Waals surface area (Å²) in [5, 5.41) is 8.67. The van der Waals surface area contributed by atoms with E-state index in [0.717, 1.165) is 0 Å². The summed E-state index contributed by atoms with van der Waals surface area (Å²) in [4.78, 5) is 41.1. The normalized spacial score (nSPS) is 18.1. The number of amides is 3. The quantitative estimate of drug-likeness (QED) is 0.589. The summed E-state index contributed by atoms with van der Waals surface area (Å²) >= 11 is 6.08. The number of nitrogens with one attached hydrogen (secondary N) is 3. The molecule has 0 aromatic heterocycles. The van der Waals surface area contributed by atoms with Gasteiger partial charge in [0.1, 0.15) is 5.71 Å². The Bertz CT molecular complexity index is 1020. The average Bonchev–Trinajstić information content (AvgIpc) is 3.16. The molecule has 3 rings (SSSR count). The number of nitrogens with zero attached hydrogens (tertiary/aromatic N) is 1. The Kier molecular flexibility index (Phi) is 5.67. The number of primary amides is 1. The molecule has 0 radical (unpaired) electrons. The molecular formula is C20H20ClN5O3. The molecule has 3 amide bonds. The third-order valence-corrected chi connectivity index (χ3v) is 5.25. The van der Waals surface area contributed by atoms with Crippen LogP contribution in [0.1, 0.15) is 21.5 Å². The first-order valence-corrected chi connectivity index (χ1v) is 9.18. The van der Waals surface area contributed by atoms with Gasteiger partial charge >= 0.3 is 0 Å². The fourth-order valence-corrected chi connectivity index (χ4v) is 3.41. The Labute approximate surface area is 172 Å². The Morgan fingerprint density at radius 1 is 1.14 bits per heavy atom. The largest absolute Gasteiger partial charge is 0.367 e. The molecule has 0 saturated heterocycles. The lowest BCUT2D eigenvalue weighted by atomic mass is 9.84. The second kappa shape index (κ2) is 8.02. The molecule has 0 bridgehead atoms. The van der Waals surface area contributed by atoms with Gasteiger partial charge in [0.05, 0.1) is 6.67 Å². The van der Waals surface area contributed by atoms with Gasteiger partial charge in [-0.2, -0.15) is 0 Å². The highest BCUT2D eigenvalue weighted by molar-refractivity contribution is 6.47. The molecule has 1 aliphatic heterocycles. The number of halogens is 1. The van der Waals surface area contributed by atoms with E-state index in [1.54, 1.807) is 49.4 Å². The number of benzene rings is 2. The highest BCUT2D eigenvalue weighted by Crippen LogP contribution is 2.28. The first-order valence-electron chi connectivity index (χ1n) is 8.80. The number of rotatable bonds is 5. The molecule has 150 valence electrons. The SMILES string of the molecule is CNC(=O)C1=NCNC1(C(N)=O)c1ccc(NC(=O)c2cccc(Cl)c2C)cc1. The minimum atomic E-state index is -1.54. The van der Waals surface area contributed by atoms with Gasteiger partial charge in [0.2, 0.25) is 5.91 Å². The number of nitrogens with two attached hydrogens (primary N) is 1. The lowest BCUT2D eigenvalue weighted by Crippen LogP contribution is -2.58. The van der Waals surface area contributed by atoms with Crippen LogP contribution in [0.4, 0.5) is 5.69 Å². The molecule has 0 saturated carbocycles. The van der Waals surface area contributed by atoms with Gasteiger partial charge in [0, 0.05) is 23.3 Å². The Hall–Kier alpha value is -3.23. The van der Waals surface area contributed by atoms with Gasteiger partial charge in [0.25, 0.3) is 11.8 Å². The highest BCUT2D eigenvalue weighted by Gasteiger charge is 2.49. The number of hydrogen-bond acceptors (Lipinski definition) is 5. The van der Waals surface area contributed by atoms with Gasteiger partial charge in [-0.15, -0.1) is 0 Å². The number of aliphatic imine (C=N–C) groups is 1. The summed E-state index contributed by atoms with van der Waals surface area (Å²) in [7, 11) is 1.45. The van der Waals surface area contributed by atoms with Gasteiger partial charge in [0.15, 0.2) is 5.54 Å². The number of carbonyl (C=O) groups is 3. The third kappa shape index (κ3) is 3.59. The van der Waals surface area contributed by atoms with Crippen LogP contribution in [-0.4, -0.2) is 37.1 Å². The van der Waals surface area contributed by atoms with Crippen LogP contribution in [0.5, 0.6) is 0 Å². The number of anilines is 1. The Morgan fingerprint density at radius 2 is 1.83 bits per heavy atom. The molecule has 2 aromatic carbocycles. The van der Waals surface area contributed by atoms with Crippen LogP contribution in [-0.2, 0) is 15.1 Å². The third-order valence-electron chi connectivity index (χ3n) is 4.84. The standard InChI is InChI=1S/C20H20ClN5O3/c1-11-14(4-3-5-15(11)21)17(27)26-13-8-6-12(7-9-13)20(19(22)29)16(18(28)23-2)24-10-25-20/h3-9,25H,10H2,1-2H3,(H2,22,29)(H,23,28)(H,26,27). The minimum absolute atomic E-state index is 0.00108. The van der Waals surface area contributed by atoms with Gasteiger partial charge < -0.3 is 16.4 Å². The first-order chi connectivity index (χ1) is 13.8. The molecule has 2 aromatic rings. The molecule has 1 aliphatic rings. The molecule has 1 unspecified atom stereocenters. The van der Waals surface area contributed by atoms with E-state index in [2.05, 4.69) is 20.9 Å². The molecule has 0 fully saturated rings. The van der Waals surface area contributed by atoms with E-state index in [9.17, 15) is 14.4 Å². The van der Waals surface area contributed by atoms with Gasteiger partial charge in [-0.3, -0.25) is 24.7 Å². The molecule has 5 N–H and O–H groups in total. The average molecular weight is 414 g/mol. The zero-order chi connectivity index (χ0) is 21.2. The molecular weight excluding hydrogens is 394 g/mol. The molecule has 29 heavy (non-hydrogen) atoms. The summed E-state index contributed by atoms with van der Waals surface area (Å²) in [5.74, 6) is -1.56. The van der Waals surface area contributed by atoms with Crippen LogP contribution in [0.3, 0.4) is 0 Å². The molecule has 1 heterocycles. The Balaban J connectivity index is 1.88. The van der Waals surface area contributed by atoms with Crippen molar-refractivity contribution in [2.24, 2.45) is 10.7 Å². The predicted molar refractivity (Wildman–Crippen MR) is 111 cm³/mol. The first kappa shape index (κ1) is 20.5. The lowest BCUT2D eigenvalue weighted by molar-refractivity contribution is -0.123. The van der Waals surface area contributed by atoms with E-state index in [1.807, 2.05) is 0 Å². The van der Waals surface area contributed by atoms with Crippen molar-refractivity contribution < 1.29 is 14.4 Å². The van der Waals surface area contributed by atoms with Crippen LogP contribution in [0.2, 0.25) is 5.02 Å². The monoisotopic (exact) mass is 413 g/mol. The molecule has 9 heteroatoms. The second-order valence-electron chi connectivity index (χ2n) is 6.48. The van der Waals surface area contributed by atoms with Crippen molar-refractivity contribution in [3.63, 3.8) is 0 Å². The van der Waals surface area contributed by atoms with Crippen molar-refractivity contribution in [2.45, 2.75) is 12.5 Å². The summed E-state index contributed by atoms with van der Waals surface area (Å²) < 4.78 is 0. The molecule has 1 atom stereocenters. The Morgan fingerprint density at radius 3 is 2.45 bits per heavy atom. The van der Waals surface area contributed by atoms with E-state index in [1.165, 1.54) is 7.05 Å². The topological polar surface area (TPSA) is 126 Å². The van der Waals surface area contributed by atoms with E-state index >= 15 is 0 Å². The van der Waals surface area contributed by atoms with Crippen molar-refractivity contribution in [3.05, 3.63) is 64.2 Å². The predicted octanol–water partition coefficient (Wildman–Crippen LogP) is 1.33. The van der Waals surface area contributed by atoms with E-state index in [-0.39, 0.29) is 18.3 Å². The van der Waals surface area contributed by atoms with Crippen molar-refractivity contribution in [3.8, 4) is 0 Å². The van der Waals surface area contributed by atoms with Crippen LogP contribution in [0.25, 0.3) is 0 Å². The van der Waals surface area contributed by atoms with E-state index in [0.29, 0.717) is 27.4 Å². The smallest absolute Gasteiger partial charge is 0.267 e. The van der Waals surface area contributed by atoms with Crippen molar-refractivity contribution in [2.75, 3.05) is 19.0 Å². The van der Waals surface area contributed by atoms with Gasteiger partial charge in [-0.25, -0.2) is 0 Å². The maximum atomic E-state index is 12.6. The maximum Gasteiger partial charge on any atom is 0.267 e. The van der Waals surface area contributed by atoms with Crippen LogP contribution in [0, 0.1) is 6.92 Å². The fourth-order valence-electron chi connectivity index (χ4n) is 3.24. The van der Waals surface area contributed by atoms with Crippen LogP contribution < -0.4 is 21.7 Å². The summed E-state index contributed by atoms with van der Waals surface area (Å²) in [6.45, 7) is 1.85. The van der Waals surface area contributed by atoms with Crippen molar-refractivity contribution >= 4 is 40.7 Å². The van der Waals surface area contributed by atoms with Crippen LogP contribution >= 0.6 is 11.6 Å². The van der Waals surface area contributed by atoms with Crippen LogP contribution in [0.15, 0.2) is 47.5 Å². The fraction of sp³-hybridized carbons (Fsp3) is 0.200. The molecule has 0 aliphatic carbocycles. The maximum absolute atomic E-state index is 12.6. The minimum Gasteiger partial charge on any atom is -0.367 e. The van der Waals surface area contributed by atoms with Crippen molar-refractivity contribution in [1.29, 1.82) is 0 Å². The zero-order valence-corrected chi connectivity index (χ0v) is 16.6. The lowest BCUT2D eigenvalue weighted by Gasteiger charge is -2.27. The molecule has 8 nitrogen and oxygen atoms in total.